The van der Waals surface area contributed by atoms with Crippen molar-refractivity contribution in [1.82, 2.24) is 4.98 Å². The number of para-hydroxylation sites is 1. The van der Waals surface area contributed by atoms with Gasteiger partial charge in [0.25, 0.3) is 0 Å². The minimum atomic E-state index is -3.53. The van der Waals surface area contributed by atoms with Crippen LogP contribution in [0.5, 0.6) is 0 Å². The number of anilines is 1. The number of hydrogen-bond acceptors (Lipinski definition) is 4. The number of hydrogen-bond donors (Lipinski definition) is 3. The number of carbonyl (C=O) groups is 1. The van der Waals surface area contributed by atoms with Gasteiger partial charge < -0.3 is 10.1 Å². The third kappa shape index (κ3) is 2.74. The Morgan fingerprint density at radius 3 is 2.63 bits per heavy atom. The molecule has 0 fully saturated rings. The molecule has 7 nitrogen and oxygen atoms in total. The second-order valence-corrected chi connectivity index (χ2v) is 5.70. The van der Waals surface area contributed by atoms with Gasteiger partial charge in [-0.15, -0.1) is 0 Å². The van der Waals surface area contributed by atoms with Crippen LogP contribution in [0.3, 0.4) is 0 Å². The number of aromatic carboxylic acids is 1. The highest BCUT2D eigenvalue weighted by Gasteiger charge is 2.12. The first-order chi connectivity index (χ1) is 8.78. The number of aromatic nitrogens is 1. The predicted molar refractivity (Wildman–Crippen MR) is 70.0 cm³/mol. The van der Waals surface area contributed by atoms with E-state index < -0.39 is 21.4 Å². The SMILES string of the molecule is CS(=O)(=O)Nc1cccc2c(=O)cc(C(=O)O)[nH]c12. The Hall–Kier alpha value is -2.35. The van der Waals surface area contributed by atoms with E-state index in [4.69, 9.17) is 5.11 Å². The molecule has 19 heavy (non-hydrogen) atoms. The van der Waals surface area contributed by atoms with E-state index in [2.05, 4.69) is 9.71 Å². The summed E-state index contributed by atoms with van der Waals surface area (Å²) in [5.74, 6) is -1.30. The van der Waals surface area contributed by atoms with Crippen LogP contribution in [0.2, 0.25) is 0 Å². The van der Waals surface area contributed by atoms with E-state index in [-0.39, 0.29) is 22.3 Å². The number of benzene rings is 1. The van der Waals surface area contributed by atoms with Gasteiger partial charge in [-0.2, -0.15) is 0 Å². The van der Waals surface area contributed by atoms with Crippen molar-refractivity contribution in [3.05, 3.63) is 40.2 Å². The van der Waals surface area contributed by atoms with Crippen LogP contribution in [-0.2, 0) is 10.0 Å². The smallest absolute Gasteiger partial charge is 0.352 e. The van der Waals surface area contributed by atoms with E-state index in [1.54, 1.807) is 0 Å². The van der Waals surface area contributed by atoms with Crippen LogP contribution in [0, 0.1) is 0 Å². The molecule has 0 unspecified atom stereocenters. The topological polar surface area (TPSA) is 116 Å². The molecule has 0 amide bonds. The Morgan fingerprint density at radius 1 is 1.37 bits per heavy atom. The van der Waals surface area contributed by atoms with Crippen LogP contribution < -0.4 is 10.2 Å². The molecule has 0 atom stereocenters. The number of carboxylic acids is 1. The number of carboxylic acid groups (broad SMARTS) is 1. The summed E-state index contributed by atoms with van der Waals surface area (Å²) >= 11 is 0. The first-order valence-corrected chi connectivity index (χ1v) is 7.04. The maximum Gasteiger partial charge on any atom is 0.352 e. The molecule has 0 saturated heterocycles. The monoisotopic (exact) mass is 282 g/mol. The molecule has 0 aliphatic rings. The van der Waals surface area contributed by atoms with Crippen molar-refractivity contribution in [2.75, 3.05) is 11.0 Å². The van der Waals surface area contributed by atoms with Gasteiger partial charge in [0.2, 0.25) is 10.0 Å². The van der Waals surface area contributed by atoms with E-state index in [0.29, 0.717) is 0 Å². The molecule has 8 heteroatoms. The lowest BCUT2D eigenvalue weighted by Crippen LogP contribution is -2.13. The maximum atomic E-state index is 11.8. The molecule has 0 aliphatic carbocycles. The standard InChI is InChI=1S/C11H10N2O5S/c1-19(17,18)13-7-4-2-3-6-9(14)5-8(11(15)16)12-10(6)7/h2-5,13H,1H3,(H,12,14)(H,15,16). The lowest BCUT2D eigenvalue weighted by molar-refractivity contribution is 0.0691. The molecule has 1 heterocycles. The second-order valence-electron chi connectivity index (χ2n) is 3.95. The van der Waals surface area contributed by atoms with Crippen LogP contribution in [0.1, 0.15) is 10.5 Å². The largest absolute Gasteiger partial charge is 0.477 e. The summed E-state index contributed by atoms with van der Waals surface area (Å²) in [4.78, 5) is 25.2. The van der Waals surface area contributed by atoms with E-state index in [9.17, 15) is 18.0 Å². The Balaban J connectivity index is 2.79. The zero-order valence-electron chi connectivity index (χ0n) is 9.80. The molecule has 0 saturated carbocycles. The summed E-state index contributed by atoms with van der Waals surface area (Å²) in [6.07, 6.45) is 0.963. The number of fused-ring (bicyclic) bond motifs is 1. The van der Waals surface area contributed by atoms with Gasteiger partial charge in [-0.25, -0.2) is 13.2 Å². The van der Waals surface area contributed by atoms with Crippen LogP contribution >= 0.6 is 0 Å². The van der Waals surface area contributed by atoms with Crippen molar-refractivity contribution in [1.29, 1.82) is 0 Å². The van der Waals surface area contributed by atoms with Gasteiger partial charge in [0.05, 0.1) is 17.5 Å². The second kappa shape index (κ2) is 4.39. The van der Waals surface area contributed by atoms with Crippen molar-refractivity contribution < 1.29 is 18.3 Å². The first kappa shape index (κ1) is 13.1. The van der Waals surface area contributed by atoms with Crippen molar-refractivity contribution in [3.8, 4) is 0 Å². The van der Waals surface area contributed by atoms with Gasteiger partial charge in [0.1, 0.15) is 5.69 Å². The summed E-state index contributed by atoms with van der Waals surface area (Å²) in [7, 11) is -3.53. The lowest BCUT2D eigenvalue weighted by Gasteiger charge is -2.08. The van der Waals surface area contributed by atoms with E-state index in [1.165, 1.54) is 18.2 Å². The fourth-order valence-electron chi connectivity index (χ4n) is 1.67. The number of rotatable bonds is 3. The van der Waals surface area contributed by atoms with Crippen LogP contribution in [-0.4, -0.2) is 30.7 Å². The number of H-pyrrole nitrogens is 1. The zero-order chi connectivity index (χ0) is 14.2. The normalized spacial score (nSPS) is 11.4. The van der Waals surface area contributed by atoms with Gasteiger partial charge in [0, 0.05) is 11.5 Å². The van der Waals surface area contributed by atoms with Crippen LogP contribution in [0.15, 0.2) is 29.1 Å². The quantitative estimate of drug-likeness (QED) is 0.762. The molecule has 0 radical (unpaired) electrons. The minimum Gasteiger partial charge on any atom is -0.477 e. The molecule has 2 aromatic rings. The highest BCUT2D eigenvalue weighted by atomic mass is 32.2. The summed E-state index contributed by atoms with van der Waals surface area (Å²) < 4.78 is 24.7. The molecule has 0 aliphatic heterocycles. The lowest BCUT2D eigenvalue weighted by atomic mass is 10.1. The van der Waals surface area contributed by atoms with Gasteiger partial charge in [0.15, 0.2) is 5.43 Å². The van der Waals surface area contributed by atoms with Gasteiger partial charge in [-0.1, -0.05) is 6.07 Å². The molecule has 100 valence electrons. The van der Waals surface area contributed by atoms with E-state index in [0.717, 1.165) is 12.3 Å². The molecule has 1 aromatic carbocycles. The highest BCUT2D eigenvalue weighted by Crippen LogP contribution is 2.20. The highest BCUT2D eigenvalue weighted by molar-refractivity contribution is 7.92. The molecule has 0 spiro atoms. The Labute approximate surface area is 107 Å². The van der Waals surface area contributed by atoms with Gasteiger partial charge in [-0.3, -0.25) is 9.52 Å². The number of aromatic amines is 1. The van der Waals surface area contributed by atoms with Gasteiger partial charge >= 0.3 is 5.97 Å². The molecular formula is C11H10N2O5S. The average Bonchev–Trinajstić information content (AvgIpc) is 2.27. The molecule has 3 N–H and O–H groups in total. The third-order valence-electron chi connectivity index (χ3n) is 2.39. The maximum absolute atomic E-state index is 11.8. The fourth-order valence-corrected chi connectivity index (χ4v) is 2.24. The summed E-state index contributed by atoms with van der Waals surface area (Å²) in [6, 6.07) is 5.37. The molecule has 1 aromatic heterocycles. The summed E-state index contributed by atoms with van der Waals surface area (Å²) in [6.45, 7) is 0. The van der Waals surface area contributed by atoms with E-state index >= 15 is 0 Å². The van der Waals surface area contributed by atoms with Crippen molar-refractivity contribution in [3.63, 3.8) is 0 Å². The van der Waals surface area contributed by atoms with E-state index in [1.807, 2.05) is 0 Å². The molecule has 2 rings (SSSR count). The Bertz CT molecular complexity index is 823. The number of pyridine rings is 1. The average molecular weight is 282 g/mol. The minimum absolute atomic E-state index is 0.125. The fraction of sp³-hybridized carbons (Fsp3) is 0.0909. The van der Waals surface area contributed by atoms with Crippen molar-refractivity contribution in [2.45, 2.75) is 0 Å². The van der Waals surface area contributed by atoms with Gasteiger partial charge in [-0.05, 0) is 12.1 Å². The predicted octanol–water partition coefficient (Wildman–Crippen LogP) is 0.598. The number of nitrogens with one attached hydrogen (secondary N) is 2. The van der Waals surface area contributed by atoms with Crippen LogP contribution in [0.25, 0.3) is 10.9 Å². The van der Waals surface area contributed by atoms with Crippen molar-refractivity contribution >= 4 is 32.6 Å². The summed E-state index contributed by atoms with van der Waals surface area (Å²) in [5, 5.41) is 9.09. The first-order valence-electron chi connectivity index (χ1n) is 5.15. The Morgan fingerprint density at radius 2 is 2.05 bits per heavy atom. The molecular weight excluding hydrogens is 272 g/mol. The van der Waals surface area contributed by atoms with Crippen LogP contribution in [0.4, 0.5) is 5.69 Å². The third-order valence-corrected chi connectivity index (χ3v) is 2.98. The molecule has 0 bridgehead atoms. The Kier molecular flexibility index (Phi) is 3.03. The zero-order valence-corrected chi connectivity index (χ0v) is 10.6. The van der Waals surface area contributed by atoms with Crippen molar-refractivity contribution in [2.24, 2.45) is 0 Å². The number of sulfonamides is 1. The summed E-state index contributed by atoms with van der Waals surface area (Å²) in [5.41, 5.74) is -0.540.